The van der Waals surface area contributed by atoms with Crippen LogP contribution in [0.25, 0.3) is 10.9 Å². The second kappa shape index (κ2) is 15.6. The van der Waals surface area contributed by atoms with Crippen LogP contribution >= 0.6 is 0 Å². The van der Waals surface area contributed by atoms with Gasteiger partial charge in [0.2, 0.25) is 0 Å². The number of fused-ring (bicyclic) bond motifs is 1. The molecule has 1 atom stereocenters. The summed E-state index contributed by atoms with van der Waals surface area (Å²) in [5, 5.41) is 1.07. The van der Waals surface area contributed by atoms with Crippen molar-refractivity contribution in [3.05, 3.63) is 54.3 Å². The van der Waals surface area contributed by atoms with E-state index in [1.807, 2.05) is 12.1 Å². The lowest BCUT2D eigenvalue weighted by Crippen LogP contribution is -2.26. The Morgan fingerprint density at radius 1 is 1.06 bits per heavy atom. The van der Waals surface area contributed by atoms with E-state index in [4.69, 9.17) is 4.74 Å². The first-order chi connectivity index (χ1) is 17.2. The van der Waals surface area contributed by atoms with Gasteiger partial charge in [-0.15, -0.1) is 0 Å². The molecule has 1 N–H and O–H groups in total. The minimum Gasteiger partial charge on any atom is -0.426 e. The Bertz CT molecular complexity index is 943. The summed E-state index contributed by atoms with van der Waals surface area (Å²) in [6, 6.07) is 6.53. The first-order valence-electron chi connectivity index (χ1n) is 14.0. The van der Waals surface area contributed by atoms with Crippen molar-refractivity contribution in [2.45, 2.75) is 103 Å². The minimum absolute atomic E-state index is 0.113. The molecule has 0 unspecified atom stereocenters. The highest BCUT2D eigenvalue weighted by molar-refractivity contribution is 5.91. The van der Waals surface area contributed by atoms with Gasteiger partial charge in [-0.05, 0) is 82.7 Å². The van der Waals surface area contributed by atoms with Crippen molar-refractivity contribution >= 4 is 16.9 Å². The van der Waals surface area contributed by atoms with Gasteiger partial charge in [0.1, 0.15) is 5.75 Å². The number of nitrogens with zero attached hydrogens (tertiary/aromatic N) is 1. The lowest BCUT2D eigenvalue weighted by molar-refractivity contribution is -0.134. The third kappa shape index (κ3) is 9.33. The number of ether oxygens (including phenoxy) is 1. The third-order valence-electron chi connectivity index (χ3n) is 7.18. The van der Waals surface area contributed by atoms with E-state index >= 15 is 0 Å². The number of rotatable bonds is 16. The van der Waals surface area contributed by atoms with Gasteiger partial charge in [0.15, 0.2) is 0 Å². The maximum absolute atomic E-state index is 12.5. The van der Waals surface area contributed by atoms with Crippen LogP contribution in [0.15, 0.2) is 48.7 Å². The summed E-state index contributed by atoms with van der Waals surface area (Å²) in [6.07, 6.45) is 26.9. The maximum atomic E-state index is 12.5. The lowest BCUT2D eigenvalue weighted by atomic mass is 10.0. The average Bonchev–Trinajstić information content (AvgIpc) is 3.46. The molecule has 4 heteroatoms. The fourth-order valence-corrected chi connectivity index (χ4v) is 5.02. The van der Waals surface area contributed by atoms with Crippen LogP contribution in [0, 0.1) is 0 Å². The number of carbonyl (C=O) groups is 1. The van der Waals surface area contributed by atoms with Crippen LogP contribution in [0.1, 0.15) is 96.0 Å². The van der Waals surface area contributed by atoms with Crippen LogP contribution in [-0.4, -0.2) is 35.5 Å². The number of hydrogen-bond acceptors (Lipinski definition) is 3. The molecule has 2 aromatic rings. The first-order valence-corrected chi connectivity index (χ1v) is 14.0. The number of benzene rings is 1. The zero-order chi connectivity index (χ0) is 24.7. The smallest absolute Gasteiger partial charge is 0.311 e. The summed E-state index contributed by atoms with van der Waals surface area (Å²) in [4.78, 5) is 18.4. The van der Waals surface area contributed by atoms with Gasteiger partial charge in [-0.3, -0.25) is 4.79 Å². The van der Waals surface area contributed by atoms with Crippen LogP contribution in [-0.2, 0) is 11.2 Å². The number of nitrogens with one attached hydrogen (secondary N) is 1. The Morgan fingerprint density at radius 2 is 1.83 bits per heavy atom. The van der Waals surface area contributed by atoms with E-state index in [9.17, 15) is 4.79 Å². The summed E-state index contributed by atoms with van der Waals surface area (Å²) < 4.78 is 5.84. The molecule has 4 nitrogen and oxygen atoms in total. The van der Waals surface area contributed by atoms with E-state index < -0.39 is 0 Å². The van der Waals surface area contributed by atoms with Gasteiger partial charge in [0.05, 0.1) is 0 Å². The second-order valence-electron chi connectivity index (χ2n) is 10.1. The lowest BCUT2D eigenvalue weighted by Gasteiger charge is -2.19. The van der Waals surface area contributed by atoms with Gasteiger partial charge in [0.25, 0.3) is 0 Å². The van der Waals surface area contributed by atoms with Crippen LogP contribution < -0.4 is 4.74 Å². The zero-order valence-electron chi connectivity index (χ0n) is 22.1. The molecule has 2 heterocycles. The van der Waals surface area contributed by atoms with Crippen LogP contribution in [0.5, 0.6) is 5.75 Å². The number of allylic oxidation sites excluding steroid dienone is 4. The first kappa shape index (κ1) is 27.3. The van der Waals surface area contributed by atoms with Crippen molar-refractivity contribution in [2.24, 2.45) is 0 Å². The topological polar surface area (TPSA) is 45.3 Å². The number of carbonyl (C=O) groups excluding carboxylic acids is 1. The second-order valence-corrected chi connectivity index (χ2v) is 10.1. The van der Waals surface area contributed by atoms with E-state index in [1.54, 1.807) is 0 Å². The van der Waals surface area contributed by atoms with Gasteiger partial charge in [-0.1, -0.05) is 69.4 Å². The highest BCUT2D eigenvalue weighted by atomic mass is 16.5. The Morgan fingerprint density at radius 3 is 2.60 bits per heavy atom. The number of aromatic amines is 1. The molecule has 0 spiro atoms. The Balaban J connectivity index is 1.32. The molecule has 35 heavy (non-hydrogen) atoms. The molecule has 192 valence electrons. The molecule has 1 aromatic carbocycles. The third-order valence-corrected chi connectivity index (χ3v) is 7.18. The molecule has 0 amide bonds. The molecule has 1 fully saturated rings. The molecule has 1 saturated heterocycles. The summed E-state index contributed by atoms with van der Waals surface area (Å²) in [7, 11) is 2.21. The largest absolute Gasteiger partial charge is 0.426 e. The van der Waals surface area contributed by atoms with Crippen LogP contribution in [0.2, 0.25) is 0 Å². The molecule has 1 aliphatic rings. The molecule has 0 aliphatic carbocycles. The van der Waals surface area contributed by atoms with E-state index in [0.717, 1.165) is 43.0 Å². The fourth-order valence-electron chi connectivity index (χ4n) is 5.02. The number of H-pyrrole nitrogens is 1. The van der Waals surface area contributed by atoms with Gasteiger partial charge >= 0.3 is 5.97 Å². The number of hydrogen-bond donors (Lipinski definition) is 1. The summed E-state index contributed by atoms with van der Waals surface area (Å²) in [6.45, 7) is 3.40. The molecular weight excluding hydrogens is 432 g/mol. The van der Waals surface area contributed by atoms with Crippen molar-refractivity contribution in [3.8, 4) is 5.75 Å². The van der Waals surface area contributed by atoms with Gasteiger partial charge in [-0.25, -0.2) is 0 Å². The van der Waals surface area contributed by atoms with Crippen LogP contribution in [0.3, 0.4) is 0 Å². The highest BCUT2D eigenvalue weighted by Crippen LogP contribution is 2.32. The quantitative estimate of drug-likeness (QED) is 0.115. The molecule has 0 saturated carbocycles. The number of likely N-dealkylation sites (tertiary alicyclic amines) is 1. The fraction of sp³-hybridized carbons (Fsp3) is 0.581. The highest BCUT2D eigenvalue weighted by Gasteiger charge is 2.23. The van der Waals surface area contributed by atoms with Gasteiger partial charge < -0.3 is 14.6 Å². The predicted molar refractivity (Wildman–Crippen MR) is 148 cm³/mol. The summed E-state index contributed by atoms with van der Waals surface area (Å²) in [5.74, 6) is 0.592. The minimum atomic E-state index is -0.113. The Hall–Kier alpha value is -2.33. The Labute approximate surface area is 212 Å². The van der Waals surface area contributed by atoms with Crippen molar-refractivity contribution in [3.63, 3.8) is 0 Å². The predicted octanol–water partition coefficient (Wildman–Crippen LogP) is 8.13. The summed E-state index contributed by atoms with van der Waals surface area (Å²) >= 11 is 0. The number of likely N-dealkylation sites (N-methyl/N-ethyl adjacent to an activating group) is 1. The molecule has 3 rings (SSSR count). The van der Waals surface area contributed by atoms with Crippen molar-refractivity contribution in [2.75, 3.05) is 13.6 Å². The van der Waals surface area contributed by atoms with Crippen molar-refractivity contribution < 1.29 is 9.53 Å². The molecule has 0 bridgehead atoms. The molecule has 0 radical (unpaired) electrons. The van der Waals surface area contributed by atoms with E-state index in [1.165, 1.54) is 63.5 Å². The Kier molecular flexibility index (Phi) is 12.2. The maximum Gasteiger partial charge on any atom is 0.311 e. The molecular formula is C31H46N2O2. The van der Waals surface area contributed by atoms with Crippen LogP contribution in [0.4, 0.5) is 0 Å². The summed E-state index contributed by atoms with van der Waals surface area (Å²) in [5.41, 5.74) is 2.30. The SMILES string of the molecule is CCCC/C=C\C/C=C\CCCCCCCC(=O)Oc1cccc2[nH]cc(C[C@H]3CCCN3C)c12. The van der Waals surface area contributed by atoms with Crippen molar-refractivity contribution in [1.82, 2.24) is 9.88 Å². The molecule has 1 aromatic heterocycles. The van der Waals surface area contributed by atoms with E-state index in [2.05, 4.69) is 60.4 Å². The number of esters is 1. The standard InChI is InChI=1S/C31H46N2O2/c1-3-4-5-6-7-8-9-10-11-12-13-14-15-16-22-30(34)35-29-21-17-20-28-31(29)26(25-32-28)24-27-19-18-23-33(27)2/h6-7,9-10,17,20-21,25,27,32H,3-5,8,11-16,18-19,22-24H2,1-2H3/b7-6-,10-9-/t27-/m1/s1. The molecule has 1 aliphatic heterocycles. The number of aromatic nitrogens is 1. The van der Waals surface area contributed by atoms with Gasteiger partial charge in [0, 0.05) is 29.6 Å². The van der Waals surface area contributed by atoms with Crippen molar-refractivity contribution in [1.29, 1.82) is 0 Å². The monoisotopic (exact) mass is 478 g/mol. The average molecular weight is 479 g/mol. The van der Waals surface area contributed by atoms with Gasteiger partial charge in [-0.2, -0.15) is 0 Å². The number of unbranched alkanes of at least 4 members (excludes halogenated alkanes) is 7. The zero-order valence-corrected chi connectivity index (χ0v) is 22.1. The van der Waals surface area contributed by atoms with E-state index in [0.29, 0.717) is 18.2 Å². The normalized spacial score (nSPS) is 16.8. The van der Waals surface area contributed by atoms with E-state index in [-0.39, 0.29) is 5.97 Å².